The topological polar surface area (TPSA) is 53.5 Å². The van der Waals surface area contributed by atoms with Crippen molar-refractivity contribution in [2.75, 3.05) is 23.1 Å². The van der Waals surface area contributed by atoms with E-state index in [9.17, 15) is 9.59 Å². The van der Waals surface area contributed by atoms with Crippen molar-refractivity contribution in [1.29, 1.82) is 0 Å². The number of para-hydroxylation sites is 1. The van der Waals surface area contributed by atoms with E-state index in [4.69, 9.17) is 0 Å². The second kappa shape index (κ2) is 6.50. The quantitative estimate of drug-likeness (QED) is 0.863. The summed E-state index contributed by atoms with van der Waals surface area (Å²) in [7, 11) is 0. The summed E-state index contributed by atoms with van der Waals surface area (Å²) in [5.74, 6) is 0.900. The Balaban J connectivity index is 1.88. The van der Waals surface area contributed by atoms with Gasteiger partial charge in [-0.25, -0.2) is 4.98 Å². The maximum absolute atomic E-state index is 12.7. The van der Waals surface area contributed by atoms with E-state index in [1.54, 1.807) is 9.80 Å². The van der Waals surface area contributed by atoms with Gasteiger partial charge in [-0.15, -0.1) is 23.1 Å². The number of rotatable bonds is 4. The van der Waals surface area contributed by atoms with Crippen LogP contribution in [0.4, 0.5) is 10.8 Å². The second-order valence-corrected chi connectivity index (χ2v) is 6.70. The molecule has 0 spiro atoms. The number of benzene rings is 1. The van der Waals surface area contributed by atoms with Gasteiger partial charge in [-0.05, 0) is 19.1 Å². The van der Waals surface area contributed by atoms with E-state index in [0.29, 0.717) is 16.8 Å². The monoisotopic (exact) mass is 333 g/mol. The number of thiazole rings is 1. The summed E-state index contributed by atoms with van der Waals surface area (Å²) in [4.78, 5) is 32.1. The van der Waals surface area contributed by atoms with Crippen LogP contribution >= 0.6 is 23.1 Å². The van der Waals surface area contributed by atoms with E-state index in [1.165, 1.54) is 23.1 Å². The van der Waals surface area contributed by atoms with Gasteiger partial charge >= 0.3 is 0 Å². The second-order valence-electron chi connectivity index (χ2n) is 4.91. The Morgan fingerprint density at radius 3 is 2.73 bits per heavy atom. The third-order valence-electron chi connectivity index (χ3n) is 3.21. The van der Waals surface area contributed by atoms with Crippen molar-refractivity contribution in [1.82, 2.24) is 9.88 Å². The van der Waals surface area contributed by atoms with Gasteiger partial charge in [-0.2, -0.15) is 0 Å². The maximum Gasteiger partial charge on any atom is 0.253 e. The minimum Gasteiger partial charge on any atom is -0.323 e. The number of anilines is 2. The van der Waals surface area contributed by atoms with Gasteiger partial charge in [0.25, 0.3) is 5.91 Å². The molecule has 0 radical (unpaired) electrons. The summed E-state index contributed by atoms with van der Waals surface area (Å²) in [6.07, 6.45) is 0. The first-order chi connectivity index (χ1) is 10.6. The number of carbonyl (C=O) groups is 2. The van der Waals surface area contributed by atoms with Crippen molar-refractivity contribution >= 4 is 45.7 Å². The number of nitrogens with zero attached hydrogens (tertiary/aromatic N) is 3. The molecule has 114 valence electrons. The highest BCUT2D eigenvalue weighted by Crippen LogP contribution is 2.29. The van der Waals surface area contributed by atoms with E-state index in [-0.39, 0.29) is 18.4 Å². The summed E-state index contributed by atoms with van der Waals surface area (Å²) in [6.45, 7) is 1.98. The SMILES string of the molecule is Cc1csc(N(C(=O)CN2CSCC2=O)c2ccccc2)n1. The van der Waals surface area contributed by atoms with E-state index in [1.807, 2.05) is 42.6 Å². The van der Waals surface area contributed by atoms with Crippen LogP contribution in [0.3, 0.4) is 0 Å². The van der Waals surface area contributed by atoms with E-state index >= 15 is 0 Å². The standard InChI is InChI=1S/C15H15N3O2S2/c1-11-8-22-15(16-11)18(12-5-3-2-4-6-12)13(19)7-17-10-21-9-14(17)20/h2-6,8H,7,9-10H2,1H3. The number of carbonyl (C=O) groups excluding carboxylic acids is 2. The van der Waals surface area contributed by atoms with Crippen molar-refractivity contribution in [2.45, 2.75) is 6.92 Å². The van der Waals surface area contributed by atoms with Crippen LogP contribution in [-0.4, -0.2) is 39.9 Å². The van der Waals surface area contributed by atoms with E-state index in [2.05, 4.69) is 4.98 Å². The predicted molar refractivity (Wildman–Crippen MR) is 89.5 cm³/mol. The minimum atomic E-state index is -0.142. The van der Waals surface area contributed by atoms with Crippen LogP contribution < -0.4 is 4.90 Å². The van der Waals surface area contributed by atoms with Crippen LogP contribution in [0.5, 0.6) is 0 Å². The smallest absolute Gasteiger partial charge is 0.253 e. The lowest BCUT2D eigenvalue weighted by Gasteiger charge is -2.23. The van der Waals surface area contributed by atoms with Crippen molar-refractivity contribution in [2.24, 2.45) is 0 Å². The lowest BCUT2D eigenvalue weighted by Crippen LogP contribution is -2.39. The first-order valence-corrected chi connectivity index (χ1v) is 8.84. The molecule has 0 unspecified atom stereocenters. The molecule has 1 aromatic heterocycles. The summed E-state index contributed by atoms with van der Waals surface area (Å²) < 4.78 is 0. The average molecular weight is 333 g/mol. The van der Waals surface area contributed by atoms with Crippen molar-refractivity contribution in [3.63, 3.8) is 0 Å². The molecule has 0 N–H and O–H groups in total. The number of thioether (sulfide) groups is 1. The Morgan fingerprint density at radius 1 is 1.36 bits per heavy atom. The molecule has 1 aliphatic heterocycles. The van der Waals surface area contributed by atoms with Crippen LogP contribution in [-0.2, 0) is 9.59 Å². The Hall–Kier alpha value is -1.86. The number of hydrogen-bond acceptors (Lipinski definition) is 5. The van der Waals surface area contributed by atoms with Crippen LogP contribution in [0.25, 0.3) is 0 Å². The number of aromatic nitrogens is 1. The van der Waals surface area contributed by atoms with Crippen molar-refractivity contribution in [3.8, 4) is 0 Å². The van der Waals surface area contributed by atoms with Crippen molar-refractivity contribution in [3.05, 3.63) is 41.4 Å². The first-order valence-electron chi connectivity index (χ1n) is 6.81. The van der Waals surface area contributed by atoms with Gasteiger partial charge in [0.2, 0.25) is 5.91 Å². The van der Waals surface area contributed by atoms with E-state index in [0.717, 1.165) is 11.4 Å². The minimum absolute atomic E-state index is 0.0154. The van der Waals surface area contributed by atoms with Gasteiger partial charge in [0.05, 0.1) is 23.0 Å². The molecule has 2 aromatic rings. The largest absolute Gasteiger partial charge is 0.323 e. The zero-order valence-corrected chi connectivity index (χ0v) is 13.7. The molecular weight excluding hydrogens is 318 g/mol. The van der Waals surface area contributed by atoms with Crippen LogP contribution in [0.2, 0.25) is 0 Å². The molecule has 3 rings (SSSR count). The van der Waals surface area contributed by atoms with E-state index < -0.39 is 0 Å². The molecule has 2 amide bonds. The molecule has 1 aliphatic rings. The lowest BCUT2D eigenvalue weighted by molar-refractivity contribution is -0.131. The summed E-state index contributed by atoms with van der Waals surface area (Å²) >= 11 is 2.96. The Morgan fingerprint density at radius 2 is 2.14 bits per heavy atom. The van der Waals surface area contributed by atoms with Gasteiger partial charge < -0.3 is 4.90 Å². The fourth-order valence-corrected chi connectivity index (χ4v) is 3.90. The van der Waals surface area contributed by atoms with Gasteiger partial charge in [0.15, 0.2) is 5.13 Å². The lowest BCUT2D eigenvalue weighted by atomic mass is 10.3. The molecular formula is C15H15N3O2S2. The molecule has 7 heteroatoms. The summed E-state index contributed by atoms with van der Waals surface area (Å²) in [6, 6.07) is 9.41. The maximum atomic E-state index is 12.7. The molecule has 22 heavy (non-hydrogen) atoms. The zero-order valence-electron chi connectivity index (χ0n) is 12.1. The van der Waals surface area contributed by atoms with Gasteiger partial charge in [0.1, 0.15) is 6.54 Å². The molecule has 2 heterocycles. The van der Waals surface area contributed by atoms with Gasteiger partial charge in [-0.1, -0.05) is 18.2 Å². The Labute approximate surface area is 136 Å². The van der Waals surface area contributed by atoms with Crippen LogP contribution in [0.15, 0.2) is 35.7 Å². The van der Waals surface area contributed by atoms with Crippen LogP contribution in [0.1, 0.15) is 5.69 Å². The fraction of sp³-hybridized carbons (Fsp3) is 0.267. The Bertz CT molecular complexity index is 687. The molecule has 0 saturated carbocycles. The molecule has 1 aromatic carbocycles. The molecule has 0 bridgehead atoms. The Kier molecular flexibility index (Phi) is 4.44. The summed E-state index contributed by atoms with van der Waals surface area (Å²) in [5.41, 5.74) is 1.64. The molecule has 0 aliphatic carbocycles. The highest BCUT2D eigenvalue weighted by molar-refractivity contribution is 8.00. The third kappa shape index (κ3) is 3.15. The van der Waals surface area contributed by atoms with Crippen LogP contribution in [0, 0.1) is 6.92 Å². The number of amides is 2. The average Bonchev–Trinajstić information content (AvgIpc) is 3.10. The van der Waals surface area contributed by atoms with Gasteiger partial charge in [-0.3, -0.25) is 14.5 Å². The molecule has 1 fully saturated rings. The predicted octanol–water partition coefficient (Wildman–Crippen LogP) is 2.65. The molecule has 0 atom stereocenters. The molecule has 1 saturated heterocycles. The highest BCUT2D eigenvalue weighted by Gasteiger charge is 2.27. The zero-order chi connectivity index (χ0) is 15.5. The fourth-order valence-electron chi connectivity index (χ4n) is 2.16. The number of aryl methyl sites for hydroxylation is 1. The number of hydrogen-bond donors (Lipinski definition) is 0. The third-order valence-corrected chi connectivity index (χ3v) is 5.10. The molecule has 5 nitrogen and oxygen atoms in total. The summed E-state index contributed by atoms with van der Waals surface area (Å²) in [5, 5.41) is 2.54. The normalized spacial score (nSPS) is 14.4. The van der Waals surface area contributed by atoms with Gasteiger partial charge in [0, 0.05) is 5.38 Å². The van der Waals surface area contributed by atoms with Crippen molar-refractivity contribution < 1.29 is 9.59 Å². The highest BCUT2D eigenvalue weighted by atomic mass is 32.2. The first kappa shape index (κ1) is 15.1.